The van der Waals surface area contributed by atoms with Crippen LogP contribution in [0.3, 0.4) is 0 Å². The largest absolute Gasteiger partial charge is 0.278 e. The molecule has 2 rings (SSSR count). The lowest BCUT2D eigenvalue weighted by molar-refractivity contribution is 0.600. The summed E-state index contributed by atoms with van der Waals surface area (Å²) in [6.07, 6.45) is 1.38. The average molecular weight is 362 g/mol. The highest BCUT2D eigenvalue weighted by Gasteiger charge is 2.17. The average Bonchev–Trinajstić information content (AvgIpc) is 2.34. The Morgan fingerprint density at radius 2 is 2.00 bits per heavy atom. The van der Waals surface area contributed by atoms with Crippen LogP contribution in [0.15, 0.2) is 45.9 Å². The van der Waals surface area contributed by atoms with Crippen LogP contribution in [0.2, 0.25) is 5.15 Å². The van der Waals surface area contributed by atoms with Crippen molar-refractivity contribution in [1.29, 1.82) is 0 Å². The molecule has 0 spiro atoms. The number of benzene rings is 1. The number of halogens is 2. The fourth-order valence-corrected chi connectivity index (χ4v) is 3.63. The van der Waals surface area contributed by atoms with E-state index in [0.717, 1.165) is 0 Å². The first-order chi connectivity index (χ1) is 8.90. The van der Waals surface area contributed by atoms with Gasteiger partial charge in [-0.2, -0.15) is 0 Å². The lowest BCUT2D eigenvalue weighted by Gasteiger charge is -2.10. The number of nitrogens with zero attached hydrogens (tertiary/aromatic N) is 1. The summed E-state index contributed by atoms with van der Waals surface area (Å²) in [5.41, 5.74) is 1.08. The first-order valence-corrected chi connectivity index (χ1v) is 7.95. The zero-order valence-electron chi connectivity index (χ0n) is 9.89. The maximum absolute atomic E-state index is 12.2. The van der Waals surface area contributed by atoms with E-state index in [4.69, 9.17) is 11.6 Å². The van der Waals surface area contributed by atoms with Gasteiger partial charge in [0, 0.05) is 4.47 Å². The first kappa shape index (κ1) is 14.3. The third-order valence-electron chi connectivity index (χ3n) is 2.39. The van der Waals surface area contributed by atoms with Gasteiger partial charge in [-0.05, 0) is 46.6 Å². The van der Waals surface area contributed by atoms with E-state index in [-0.39, 0.29) is 4.90 Å². The highest BCUT2D eigenvalue weighted by molar-refractivity contribution is 9.10. The normalized spacial score (nSPS) is 11.3. The van der Waals surface area contributed by atoms with Crippen LogP contribution >= 0.6 is 27.5 Å². The van der Waals surface area contributed by atoms with Crippen LogP contribution in [-0.2, 0) is 10.0 Å². The van der Waals surface area contributed by atoms with Gasteiger partial charge in [0.2, 0.25) is 0 Å². The van der Waals surface area contributed by atoms with Crippen molar-refractivity contribution < 1.29 is 8.42 Å². The molecule has 100 valence electrons. The Labute approximate surface area is 125 Å². The van der Waals surface area contributed by atoms with Crippen LogP contribution in [0.5, 0.6) is 0 Å². The monoisotopic (exact) mass is 360 g/mol. The molecule has 0 unspecified atom stereocenters. The predicted octanol–water partition coefficient (Wildman–Crippen LogP) is 3.61. The number of aromatic nitrogens is 1. The molecule has 4 nitrogen and oxygen atoms in total. The van der Waals surface area contributed by atoms with Crippen molar-refractivity contribution in [1.82, 2.24) is 4.98 Å². The van der Waals surface area contributed by atoms with Crippen molar-refractivity contribution >= 4 is 43.2 Å². The van der Waals surface area contributed by atoms with Gasteiger partial charge in [-0.3, -0.25) is 4.72 Å². The van der Waals surface area contributed by atoms with Crippen LogP contribution in [0.1, 0.15) is 5.56 Å². The number of sulfonamides is 1. The zero-order chi connectivity index (χ0) is 14.0. The Bertz CT molecular complexity index is 719. The molecule has 0 fully saturated rings. The van der Waals surface area contributed by atoms with Crippen molar-refractivity contribution in [3.05, 3.63) is 51.7 Å². The number of rotatable bonds is 3. The van der Waals surface area contributed by atoms with E-state index in [9.17, 15) is 8.42 Å². The molecule has 0 amide bonds. The molecule has 0 atom stereocenters. The van der Waals surface area contributed by atoms with E-state index < -0.39 is 10.0 Å². The molecule has 0 aliphatic rings. The molecular formula is C12H10BrClN2O2S. The zero-order valence-corrected chi connectivity index (χ0v) is 13.1. The summed E-state index contributed by atoms with van der Waals surface area (Å²) in [5.74, 6) is 0. The number of aryl methyl sites for hydroxylation is 1. The minimum Gasteiger partial charge on any atom is -0.278 e. The lowest BCUT2D eigenvalue weighted by atomic mass is 10.3. The molecule has 0 aliphatic carbocycles. The van der Waals surface area contributed by atoms with Crippen LogP contribution in [0.25, 0.3) is 0 Å². The first-order valence-electron chi connectivity index (χ1n) is 5.29. The molecule has 0 saturated heterocycles. The maximum atomic E-state index is 12.2. The summed E-state index contributed by atoms with van der Waals surface area (Å²) in [4.78, 5) is 4.07. The van der Waals surface area contributed by atoms with E-state index in [1.54, 1.807) is 31.2 Å². The maximum Gasteiger partial charge on any atom is 0.263 e. The topological polar surface area (TPSA) is 59.1 Å². The summed E-state index contributed by atoms with van der Waals surface area (Å²) in [5, 5.41) is 0.351. The van der Waals surface area contributed by atoms with Crippen LogP contribution in [0.4, 0.5) is 5.69 Å². The van der Waals surface area contributed by atoms with Gasteiger partial charge in [0.05, 0.1) is 11.9 Å². The summed E-state index contributed by atoms with van der Waals surface area (Å²) >= 11 is 9.01. The highest BCUT2D eigenvalue weighted by Crippen LogP contribution is 2.24. The van der Waals surface area contributed by atoms with Gasteiger partial charge in [-0.25, -0.2) is 13.4 Å². The summed E-state index contributed by atoms with van der Waals surface area (Å²) in [6, 6.07) is 8.22. The van der Waals surface area contributed by atoms with E-state index in [2.05, 4.69) is 25.6 Å². The smallest absolute Gasteiger partial charge is 0.263 e. The third kappa shape index (κ3) is 3.26. The molecule has 0 saturated carbocycles. The Morgan fingerprint density at radius 3 is 2.63 bits per heavy atom. The summed E-state index contributed by atoms with van der Waals surface area (Å²) in [6.45, 7) is 1.76. The Kier molecular flexibility index (Phi) is 4.13. The van der Waals surface area contributed by atoms with E-state index in [1.807, 2.05) is 0 Å². The fraction of sp³-hybridized carbons (Fsp3) is 0.0833. The predicted molar refractivity (Wildman–Crippen MR) is 78.9 cm³/mol. The number of hydrogen-bond donors (Lipinski definition) is 1. The van der Waals surface area contributed by atoms with Gasteiger partial charge >= 0.3 is 0 Å². The molecule has 7 heteroatoms. The summed E-state index contributed by atoms with van der Waals surface area (Å²) in [7, 11) is -3.65. The van der Waals surface area contributed by atoms with Gasteiger partial charge in [0.15, 0.2) is 0 Å². The van der Waals surface area contributed by atoms with Gasteiger partial charge in [0.1, 0.15) is 10.0 Å². The molecule has 0 radical (unpaired) electrons. The number of hydrogen-bond acceptors (Lipinski definition) is 3. The fourth-order valence-electron chi connectivity index (χ4n) is 1.49. The quantitative estimate of drug-likeness (QED) is 0.850. The molecule has 0 bridgehead atoms. The van der Waals surface area contributed by atoms with Gasteiger partial charge in [-0.15, -0.1) is 0 Å². The van der Waals surface area contributed by atoms with E-state index in [0.29, 0.717) is 20.9 Å². The Morgan fingerprint density at radius 1 is 1.32 bits per heavy atom. The van der Waals surface area contributed by atoms with Crippen LogP contribution in [-0.4, -0.2) is 13.4 Å². The lowest BCUT2D eigenvalue weighted by Crippen LogP contribution is -2.13. The number of pyridine rings is 1. The Hall–Kier alpha value is -1.11. The second-order valence-corrected chi connectivity index (χ2v) is 6.73. The van der Waals surface area contributed by atoms with E-state index >= 15 is 0 Å². The van der Waals surface area contributed by atoms with Gasteiger partial charge in [0.25, 0.3) is 10.0 Å². The van der Waals surface area contributed by atoms with Crippen molar-refractivity contribution in [2.75, 3.05) is 4.72 Å². The van der Waals surface area contributed by atoms with Gasteiger partial charge in [-0.1, -0.05) is 23.7 Å². The highest BCUT2D eigenvalue weighted by atomic mass is 79.9. The van der Waals surface area contributed by atoms with Crippen molar-refractivity contribution in [3.8, 4) is 0 Å². The van der Waals surface area contributed by atoms with Crippen LogP contribution in [0, 0.1) is 6.92 Å². The second-order valence-electron chi connectivity index (χ2n) is 3.87. The minimum absolute atomic E-state index is 0.169. The van der Waals surface area contributed by atoms with Crippen LogP contribution < -0.4 is 4.72 Å². The second kappa shape index (κ2) is 5.48. The van der Waals surface area contributed by atoms with Gasteiger partial charge < -0.3 is 0 Å². The number of nitrogens with one attached hydrogen (secondary N) is 1. The van der Waals surface area contributed by atoms with Crippen molar-refractivity contribution in [2.45, 2.75) is 11.8 Å². The van der Waals surface area contributed by atoms with E-state index in [1.165, 1.54) is 12.3 Å². The SMILES string of the molecule is Cc1cc(NS(=O)(=O)c2ccccc2Br)cnc1Cl. The molecule has 1 N–H and O–H groups in total. The van der Waals surface area contributed by atoms with Crippen molar-refractivity contribution in [2.24, 2.45) is 0 Å². The summed E-state index contributed by atoms with van der Waals surface area (Å²) < 4.78 is 27.4. The third-order valence-corrected chi connectivity index (χ3v) is 5.18. The molecule has 1 aromatic heterocycles. The molecule has 19 heavy (non-hydrogen) atoms. The Balaban J connectivity index is 2.37. The molecule has 2 aromatic rings. The number of anilines is 1. The van der Waals surface area contributed by atoms with Crippen molar-refractivity contribution in [3.63, 3.8) is 0 Å². The molecule has 1 aromatic carbocycles. The molecular weight excluding hydrogens is 352 g/mol. The standard InChI is InChI=1S/C12H10BrClN2O2S/c1-8-6-9(7-15-12(8)14)16-19(17,18)11-5-3-2-4-10(11)13/h2-7,16H,1H3. The molecule has 0 aliphatic heterocycles. The minimum atomic E-state index is -3.65. The molecule has 1 heterocycles.